The van der Waals surface area contributed by atoms with Crippen molar-refractivity contribution in [2.45, 2.75) is 6.43 Å². The Morgan fingerprint density at radius 3 is 2.87 bits per heavy atom. The van der Waals surface area contributed by atoms with Crippen LogP contribution in [0.25, 0.3) is 0 Å². The Balaban J connectivity index is 2.79. The van der Waals surface area contributed by atoms with E-state index in [1.165, 1.54) is 6.07 Å². The van der Waals surface area contributed by atoms with Gasteiger partial charge in [-0.3, -0.25) is 4.79 Å². The number of amides is 1. The largest absolute Gasteiger partial charge is 0.486 e. The minimum absolute atomic E-state index is 0.266. The van der Waals surface area contributed by atoms with Gasteiger partial charge < -0.3 is 10.1 Å². The lowest BCUT2D eigenvalue weighted by atomic mass is 10.3. The fraction of sp³-hybridized carbons (Fsp3) is 0.222. The normalized spacial score (nSPS) is 10.1. The Bertz CT molecular complexity index is 347. The molecule has 0 fully saturated rings. The number of benzene rings is 1. The van der Waals surface area contributed by atoms with Gasteiger partial charge in [-0.2, -0.15) is 0 Å². The number of rotatable bonds is 5. The summed E-state index contributed by atoms with van der Waals surface area (Å²) in [7, 11) is 0. The maximum Gasteiger partial charge on any atom is 0.272 e. The maximum absolute atomic E-state index is 11.9. The molecule has 0 heterocycles. The Kier molecular flexibility index (Phi) is 4.48. The highest BCUT2D eigenvalue weighted by molar-refractivity contribution is 9.10. The van der Waals surface area contributed by atoms with E-state index in [2.05, 4.69) is 21.2 Å². The maximum atomic E-state index is 11.9. The average molecular weight is 280 g/mol. The summed E-state index contributed by atoms with van der Waals surface area (Å²) in [5.41, 5.74) is 0.469. The topological polar surface area (TPSA) is 38.3 Å². The molecule has 0 atom stereocenters. The second-order valence-corrected chi connectivity index (χ2v) is 3.37. The zero-order valence-electron chi connectivity index (χ0n) is 7.54. The van der Waals surface area contributed by atoms with Crippen LogP contribution in [0.2, 0.25) is 0 Å². The van der Waals surface area contributed by atoms with Crippen LogP contribution in [0.5, 0.6) is 5.75 Å². The first kappa shape index (κ1) is 11.9. The minimum atomic E-state index is -2.53. The van der Waals surface area contributed by atoms with E-state index in [1.54, 1.807) is 12.1 Å². The van der Waals surface area contributed by atoms with Crippen molar-refractivity contribution in [1.29, 1.82) is 0 Å². The molecule has 0 aromatic heterocycles. The van der Waals surface area contributed by atoms with Gasteiger partial charge in [-0.1, -0.05) is 6.07 Å². The summed E-state index contributed by atoms with van der Waals surface area (Å²) in [5.74, 6) is 0.266. The van der Waals surface area contributed by atoms with E-state index in [-0.39, 0.29) is 5.75 Å². The molecular formula is C9H8BrF2NO2. The number of hydrogen-bond donors (Lipinski definition) is 1. The Labute approximate surface area is 93.5 Å². The first-order valence-electron chi connectivity index (χ1n) is 4.04. The highest BCUT2D eigenvalue weighted by atomic mass is 79.9. The van der Waals surface area contributed by atoms with E-state index >= 15 is 0 Å². The zero-order valence-corrected chi connectivity index (χ0v) is 9.13. The van der Waals surface area contributed by atoms with Crippen molar-refractivity contribution in [1.82, 2.24) is 0 Å². The molecule has 1 rings (SSSR count). The molecule has 0 aliphatic rings. The lowest BCUT2D eigenvalue weighted by Crippen LogP contribution is -2.07. The van der Waals surface area contributed by atoms with Crippen LogP contribution in [0.3, 0.4) is 0 Å². The van der Waals surface area contributed by atoms with Gasteiger partial charge in [-0.05, 0) is 28.1 Å². The number of alkyl halides is 2. The molecule has 3 nitrogen and oxygen atoms in total. The van der Waals surface area contributed by atoms with E-state index in [9.17, 15) is 13.6 Å². The van der Waals surface area contributed by atoms with Crippen LogP contribution in [0.1, 0.15) is 0 Å². The summed E-state index contributed by atoms with van der Waals surface area (Å²) in [5, 5.41) is 2.41. The third kappa shape index (κ3) is 3.47. The van der Waals surface area contributed by atoms with Crippen molar-refractivity contribution in [2.75, 3.05) is 11.9 Å². The van der Waals surface area contributed by atoms with Crippen LogP contribution in [0, 0.1) is 0 Å². The Morgan fingerprint density at radius 1 is 1.53 bits per heavy atom. The van der Waals surface area contributed by atoms with Gasteiger partial charge in [0.25, 0.3) is 6.43 Å². The monoisotopic (exact) mass is 279 g/mol. The lowest BCUT2D eigenvalue weighted by Gasteiger charge is -2.10. The van der Waals surface area contributed by atoms with E-state index in [4.69, 9.17) is 4.74 Å². The van der Waals surface area contributed by atoms with E-state index in [0.29, 0.717) is 16.6 Å². The van der Waals surface area contributed by atoms with Gasteiger partial charge in [0.05, 0.1) is 10.2 Å². The van der Waals surface area contributed by atoms with Crippen LogP contribution in [-0.2, 0) is 4.79 Å². The Hall–Kier alpha value is -1.17. The Morgan fingerprint density at radius 2 is 2.27 bits per heavy atom. The van der Waals surface area contributed by atoms with Gasteiger partial charge in [0.2, 0.25) is 6.41 Å². The molecule has 15 heavy (non-hydrogen) atoms. The molecule has 0 aliphatic carbocycles. The van der Waals surface area contributed by atoms with Crippen LogP contribution in [-0.4, -0.2) is 19.4 Å². The van der Waals surface area contributed by atoms with Gasteiger partial charge >= 0.3 is 0 Å². The molecule has 82 valence electrons. The SMILES string of the molecule is O=CNc1cccc(OCC(F)F)c1Br. The molecule has 0 spiro atoms. The smallest absolute Gasteiger partial charge is 0.272 e. The zero-order chi connectivity index (χ0) is 11.3. The van der Waals surface area contributed by atoms with Crippen LogP contribution < -0.4 is 10.1 Å². The van der Waals surface area contributed by atoms with Gasteiger partial charge in [0, 0.05) is 0 Å². The number of carbonyl (C=O) groups is 1. The summed E-state index contributed by atoms with van der Waals surface area (Å²) in [6.07, 6.45) is -2.03. The quantitative estimate of drug-likeness (QED) is 0.842. The molecule has 6 heteroatoms. The molecule has 0 bridgehead atoms. The molecular weight excluding hydrogens is 272 g/mol. The van der Waals surface area contributed by atoms with Gasteiger partial charge in [-0.15, -0.1) is 0 Å². The van der Waals surface area contributed by atoms with Crippen LogP contribution in [0.15, 0.2) is 22.7 Å². The number of nitrogens with one attached hydrogen (secondary N) is 1. The van der Waals surface area contributed by atoms with E-state index in [0.717, 1.165) is 0 Å². The lowest BCUT2D eigenvalue weighted by molar-refractivity contribution is -0.105. The second kappa shape index (κ2) is 5.65. The number of anilines is 1. The highest BCUT2D eigenvalue weighted by Gasteiger charge is 2.09. The predicted molar refractivity (Wildman–Crippen MR) is 55.3 cm³/mol. The summed E-state index contributed by atoms with van der Waals surface area (Å²) in [4.78, 5) is 10.2. The van der Waals surface area contributed by atoms with Crippen molar-refractivity contribution in [3.63, 3.8) is 0 Å². The second-order valence-electron chi connectivity index (χ2n) is 2.58. The van der Waals surface area contributed by atoms with Gasteiger partial charge in [-0.25, -0.2) is 8.78 Å². The first-order chi connectivity index (χ1) is 7.15. The molecule has 0 unspecified atom stereocenters. The van der Waals surface area contributed by atoms with Gasteiger partial charge in [0.15, 0.2) is 0 Å². The van der Waals surface area contributed by atoms with Crippen molar-refractivity contribution < 1.29 is 18.3 Å². The van der Waals surface area contributed by atoms with E-state index < -0.39 is 13.0 Å². The average Bonchev–Trinajstić information content (AvgIpc) is 2.19. The molecule has 1 amide bonds. The fourth-order valence-corrected chi connectivity index (χ4v) is 1.44. The minimum Gasteiger partial charge on any atom is -0.486 e. The van der Waals surface area contributed by atoms with Crippen molar-refractivity contribution in [2.24, 2.45) is 0 Å². The number of carbonyl (C=O) groups excluding carboxylic acids is 1. The standard InChI is InChI=1S/C9H8BrF2NO2/c10-9-6(13-5-14)2-1-3-7(9)15-4-8(11)12/h1-3,5,8H,4H2,(H,13,14). The molecule has 0 saturated carbocycles. The van der Waals surface area contributed by atoms with Crippen LogP contribution in [0.4, 0.5) is 14.5 Å². The summed E-state index contributed by atoms with van der Waals surface area (Å²) in [6, 6.07) is 4.74. The molecule has 0 saturated heterocycles. The summed E-state index contributed by atoms with van der Waals surface area (Å²) in [6.45, 7) is -0.677. The highest BCUT2D eigenvalue weighted by Crippen LogP contribution is 2.32. The van der Waals surface area contributed by atoms with Gasteiger partial charge in [0.1, 0.15) is 12.4 Å². The van der Waals surface area contributed by atoms with Crippen molar-refractivity contribution in [3.05, 3.63) is 22.7 Å². The summed E-state index contributed by atoms with van der Waals surface area (Å²) >= 11 is 3.14. The van der Waals surface area contributed by atoms with E-state index in [1.807, 2.05) is 0 Å². The predicted octanol–water partition coefficient (Wildman–Crippen LogP) is 2.66. The molecule has 1 aromatic rings. The summed E-state index contributed by atoms with van der Waals surface area (Å²) < 4.78 is 29.1. The number of ether oxygens (including phenoxy) is 1. The third-order valence-corrected chi connectivity index (χ3v) is 2.36. The number of hydrogen-bond acceptors (Lipinski definition) is 2. The fourth-order valence-electron chi connectivity index (χ4n) is 0.950. The van der Waals surface area contributed by atoms with Crippen LogP contribution >= 0.6 is 15.9 Å². The molecule has 1 N–H and O–H groups in total. The number of halogens is 3. The first-order valence-corrected chi connectivity index (χ1v) is 4.84. The van der Waals surface area contributed by atoms with Crippen molar-refractivity contribution >= 4 is 28.0 Å². The molecule has 0 aliphatic heterocycles. The van der Waals surface area contributed by atoms with Crippen molar-refractivity contribution in [3.8, 4) is 5.75 Å². The molecule has 0 radical (unpaired) electrons. The third-order valence-electron chi connectivity index (χ3n) is 1.54. The molecule has 1 aromatic carbocycles.